The predicted octanol–water partition coefficient (Wildman–Crippen LogP) is 1.39. The molecule has 0 saturated carbocycles. The predicted molar refractivity (Wildman–Crippen MR) is 99.4 cm³/mol. The molecule has 0 aliphatic carbocycles. The molecule has 2 aromatic rings. The van der Waals surface area contributed by atoms with Crippen LogP contribution in [0.3, 0.4) is 0 Å². The molecule has 0 spiro atoms. The molecule has 1 radical (unpaired) electrons. The number of rotatable bonds is 4. The zero-order valence-electron chi connectivity index (χ0n) is 15.9. The van der Waals surface area contributed by atoms with E-state index in [1.807, 2.05) is 0 Å². The van der Waals surface area contributed by atoms with E-state index in [2.05, 4.69) is 21.7 Å². The van der Waals surface area contributed by atoms with Crippen molar-refractivity contribution in [2.24, 2.45) is 0 Å². The molecule has 151 valence electrons. The second-order valence-corrected chi connectivity index (χ2v) is 6.73. The number of benzene rings is 1. The number of hydrogen-bond donors (Lipinski definition) is 2. The topological polar surface area (TPSA) is 118 Å². The molecule has 2 aliphatic heterocycles. The van der Waals surface area contributed by atoms with E-state index in [1.165, 1.54) is 4.90 Å². The van der Waals surface area contributed by atoms with Crippen LogP contribution < -0.4 is 10.6 Å². The standard InChI is InChI=1S/C20H17N4O5.Y/c25-17-4-3-16(18(26)23-17)24-10-13-2-1-12(9-15(13)19(24)27)11-29-20(28)22-14-5-7-21-8-6-14;/h2,5-9,16H,3-4,10-11H2,(H,21,22,28)(H,23,25,26);/q-1;. The van der Waals surface area contributed by atoms with Crippen LogP contribution in [0.4, 0.5) is 10.5 Å². The molecule has 1 aromatic carbocycles. The van der Waals surface area contributed by atoms with Crippen LogP contribution in [0.5, 0.6) is 0 Å². The molecule has 2 N–H and O–H groups in total. The number of carbonyl (C=O) groups excluding carboxylic acids is 4. The van der Waals surface area contributed by atoms with Crippen molar-refractivity contribution >= 4 is 29.5 Å². The van der Waals surface area contributed by atoms with E-state index < -0.39 is 18.0 Å². The maximum Gasteiger partial charge on any atom is 0.411 e. The maximum absolute atomic E-state index is 12.8. The van der Waals surface area contributed by atoms with Gasteiger partial charge in [0.15, 0.2) is 0 Å². The number of imide groups is 1. The van der Waals surface area contributed by atoms with Crippen LogP contribution in [0.25, 0.3) is 0 Å². The Labute approximate surface area is 197 Å². The summed E-state index contributed by atoms with van der Waals surface area (Å²) in [5, 5.41) is 4.84. The minimum atomic E-state index is -0.668. The van der Waals surface area contributed by atoms with Crippen LogP contribution in [-0.4, -0.2) is 39.7 Å². The molecule has 1 atom stereocenters. The Morgan fingerprint density at radius 2 is 2.07 bits per heavy atom. The van der Waals surface area contributed by atoms with Gasteiger partial charge >= 0.3 is 6.09 Å². The molecule has 9 nitrogen and oxygen atoms in total. The SMILES string of the molecule is O=C1CCC(N2Cc3c[c-]c(COC(=O)Nc4ccncc4)cc3C2=O)C(=O)N1.[Y]. The van der Waals surface area contributed by atoms with Gasteiger partial charge in [-0.15, -0.1) is 11.1 Å². The molecule has 1 fully saturated rings. The summed E-state index contributed by atoms with van der Waals surface area (Å²) in [5.41, 5.74) is 2.27. The van der Waals surface area contributed by atoms with Crippen molar-refractivity contribution in [2.75, 3.05) is 5.32 Å². The van der Waals surface area contributed by atoms with Crippen LogP contribution in [0.1, 0.15) is 34.3 Å². The Hall–Kier alpha value is -2.65. The first-order chi connectivity index (χ1) is 14.0. The summed E-state index contributed by atoms with van der Waals surface area (Å²) >= 11 is 0. The summed E-state index contributed by atoms with van der Waals surface area (Å²) in [5.74, 6) is -1.07. The number of anilines is 1. The van der Waals surface area contributed by atoms with Gasteiger partial charge in [0.2, 0.25) is 17.7 Å². The minimum Gasteiger partial charge on any atom is -0.447 e. The Bertz CT molecular complexity index is 998. The number of piperidine rings is 1. The number of aromatic nitrogens is 1. The number of nitrogens with one attached hydrogen (secondary N) is 2. The largest absolute Gasteiger partial charge is 0.447 e. The normalized spacial score (nSPS) is 17.7. The van der Waals surface area contributed by atoms with Crippen LogP contribution in [-0.2, 0) is 60.2 Å². The fraction of sp³-hybridized carbons (Fsp3) is 0.250. The molecule has 2 aliphatic rings. The molecule has 0 bridgehead atoms. The van der Waals surface area contributed by atoms with Gasteiger partial charge in [-0.1, -0.05) is 5.56 Å². The van der Waals surface area contributed by atoms with Crippen LogP contribution in [0, 0.1) is 6.07 Å². The number of fused-ring (bicyclic) bond motifs is 1. The van der Waals surface area contributed by atoms with Crippen molar-refractivity contribution in [1.82, 2.24) is 15.2 Å². The van der Waals surface area contributed by atoms with E-state index in [1.54, 1.807) is 36.7 Å². The van der Waals surface area contributed by atoms with E-state index in [0.29, 0.717) is 23.2 Å². The maximum atomic E-state index is 12.8. The summed E-state index contributed by atoms with van der Waals surface area (Å²) in [6, 6.07) is 8.87. The number of nitrogens with zero attached hydrogens (tertiary/aromatic N) is 2. The third kappa shape index (κ3) is 4.74. The monoisotopic (exact) mass is 482 g/mol. The van der Waals surface area contributed by atoms with Crippen molar-refractivity contribution < 1.29 is 56.6 Å². The van der Waals surface area contributed by atoms with E-state index in [9.17, 15) is 19.2 Å². The van der Waals surface area contributed by atoms with Gasteiger partial charge in [0.05, 0.1) is 6.61 Å². The first-order valence-electron chi connectivity index (χ1n) is 9.03. The molecule has 1 aromatic heterocycles. The third-order valence-corrected chi connectivity index (χ3v) is 4.80. The minimum absolute atomic E-state index is 0. The summed E-state index contributed by atoms with van der Waals surface area (Å²) in [7, 11) is 0. The molecule has 30 heavy (non-hydrogen) atoms. The number of amides is 4. The average molecular weight is 482 g/mol. The van der Waals surface area contributed by atoms with Gasteiger partial charge in [0, 0.05) is 63.8 Å². The number of carbonyl (C=O) groups is 4. The van der Waals surface area contributed by atoms with Crippen molar-refractivity contribution in [3.05, 3.63) is 59.4 Å². The Balaban J connectivity index is 0.00000256. The molecule has 1 unspecified atom stereocenters. The average Bonchev–Trinajstić information content (AvgIpc) is 3.03. The van der Waals surface area contributed by atoms with Crippen LogP contribution in [0.2, 0.25) is 0 Å². The van der Waals surface area contributed by atoms with Crippen molar-refractivity contribution in [3.63, 3.8) is 0 Å². The van der Waals surface area contributed by atoms with E-state index in [4.69, 9.17) is 4.74 Å². The van der Waals surface area contributed by atoms with E-state index in [0.717, 1.165) is 5.56 Å². The molecule has 3 heterocycles. The van der Waals surface area contributed by atoms with Gasteiger partial charge in [-0.3, -0.25) is 30.0 Å². The summed E-state index contributed by atoms with van der Waals surface area (Å²) < 4.78 is 5.17. The Morgan fingerprint density at radius 3 is 2.80 bits per heavy atom. The number of ether oxygens (including phenoxy) is 1. The molecule has 4 rings (SSSR count). The molecule has 1 saturated heterocycles. The van der Waals surface area contributed by atoms with Gasteiger partial charge in [0.1, 0.15) is 6.04 Å². The first kappa shape index (κ1) is 22.0. The Kier molecular flexibility index (Phi) is 6.94. The van der Waals surface area contributed by atoms with E-state index >= 15 is 0 Å². The fourth-order valence-corrected chi connectivity index (χ4v) is 3.35. The van der Waals surface area contributed by atoms with Crippen LogP contribution in [0.15, 0.2) is 36.7 Å². The molecule has 4 amide bonds. The number of hydrogen-bond acceptors (Lipinski definition) is 6. The second kappa shape index (κ2) is 9.44. The zero-order valence-corrected chi connectivity index (χ0v) is 18.7. The smallest absolute Gasteiger partial charge is 0.411 e. The van der Waals surface area contributed by atoms with Gasteiger partial charge in [-0.2, -0.15) is 18.2 Å². The second-order valence-electron chi connectivity index (χ2n) is 6.73. The third-order valence-electron chi connectivity index (χ3n) is 4.80. The quantitative estimate of drug-likeness (QED) is 0.503. The van der Waals surface area contributed by atoms with Gasteiger partial charge < -0.3 is 9.64 Å². The van der Waals surface area contributed by atoms with Crippen LogP contribution >= 0.6 is 0 Å². The summed E-state index contributed by atoms with van der Waals surface area (Å²) in [6.07, 6.45) is 2.96. The van der Waals surface area contributed by atoms with Gasteiger partial charge in [-0.25, -0.2) is 4.79 Å². The molecular formula is C20H17N4O5Y-. The van der Waals surface area contributed by atoms with Gasteiger partial charge in [0.25, 0.3) is 0 Å². The fourth-order valence-electron chi connectivity index (χ4n) is 3.35. The van der Waals surface area contributed by atoms with Crippen molar-refractivity contribution in [3.8, 4) is 0 Å². The summed E-state index contributed by atoms with van der Waals surface area (Å²) in [4.78, 5) is 53.4. The van der Waals surface area contributed by atoms with E-state index in [-0.39, 0.29) is 64.1 Å². The molecule has 10 heteroatoms. The summed E-state index contributed by atoms with van der Waals surface area (Å²) in [6.45, 7) is 0.219. The van der Waals surface area contributed by atoms with Crippen molar-refractivity contribution in [2.45, 2.75) is 32.0 Å². The first-order valence-corrected chi connectivity index (χ1v) is 9.03. The zero-order chi connectivity index (χ0) is 20.4. The van der Waals surface area contributed by atoms with Gasteiger partial charge in [-0.05, 0) is 18.6 Å². The number of pyridine rings is 1. The Morgan fingerprint density at radius 1 is 1.30 bits per heavy atom. The van der Waals surface area contributed by atoms with Crippen molar-refractivity contribution in [1.29, 1.82) is 0 Å². The molecular weight excluding hydrogens is 465 g/mol.